The Morgan fingerprint density at radius 1 is 1.58 bits per heavy atom. The molecule has 0 aliphatic heterocycles. The van der Waals surface area contributed by atoms with E-state index in [0.717, 1.165) is 12.8 Å². The van der Waals surface area contributed by atoms with E-state index in [4.69, 9.17) is 11.6 Å². The Morgan fingerprint density at radius 2 is 2.08 bits per heavy atom. The molecule has 0 bridgehead atoms. The van der Waals surface area contributed by atoms with Crippen molar-refractivity contribution in [1.29, 1.82) is 0 Å². The van der Waals surface area contributed by atoms with E-state index < -0.39 is 5.38 Å². The van der Waals surface area contributed by atoms with Gasteiger partial charge >= 0.3 is 0 Å². The molecule has 1 N–H and O–H groups in total. The highest BCUT2D eigenvalue weighted by atomic mass is 35.5. The Bertz CT molecular complexity index is 155. The molecule has 0 saturated heterocycles. The summed E-state index contributed by atoms with van der Waals surface area (Å²) in [5, 5.41) is 2.44. The van der Waals surface area contributed by atoms with Gasteiger partial charge in [0.2, 0.25) is 5.91 Å². The molecule has 0 radical (unpaired) electrons. The van der Waals surface area contributed by atoms with Crippen LogP contribution in [0.15, 0.2) is 0 Å². The van der Waals surface area contributed by atoms with Crippen LogP contribution in [0.4, 0.5) is 0 Å². The monoisotopic (exact) mass is 191 g/mol. The van der Waals surface area contributed by atoms with Crippen molar-refractivity contribution in [2.24, 2.45) is 0 Å². The molecule has 0 spiro atoms. The number of alkyl halides is 1. The van der Waals surface area contributed by atoms with Gasteiger partial charge in [0.05, 0.1) is 0 Å². The van der Waals surface area contributed by atoms with E-state index in [1.807, 2.05) is 13.8 Å². The zero-order valence-electron chi connectivity index (χ0n) is 8.28. The highest BCUT2D eigenvalue weighted by Gasteiger charge is 2.21. The quantitative estimate of drug-likeness (QED) is 0.679. The summed E-state index contributed by atoms with van der Waals surface area (Å²) in [4.78, 5) is 11.2. The topological polar surface area (TPSA) is 29.1 Å². The Morgan fingerprint density at radius 3 is 2.42 bits per heavy atom. The van der Waals surface area contributed by atoms with Crippen LogP contribution in [0, 0.1) is 0 Å². The molecule has 0 saturated carbocycles. The van der Waals surface area contributed by atoms with E-state index in [-0.39, 0.29) is 11.4 Å². The third kappa shape index (κ3) is 4.60. The number of carbonyl (C=O) groups excluding carboxylic acids is 1. The van der Waals surface area contributed by atoms with Crippen LogP contribution < -0.4 is 5.32 Å². The molecule has 0 aromatic rings. The van der Waals surface area contributed by atoms with E-state index in [0.29, 0.717) is 0 Å². The third-order valence-corrected chi connectivity index (χ3v) is 1.90. The molecule has 1 atom stereocenters. The van der Waals surface area contributed by atoms with Gasteiger partial charge < -0.3 is 5.32 Å². The van der Waals surface area contributed by atoms with E-state index in [9.17, 15) is 4.79 Å². The molecule has 0 aliphatic carbocycles. The summed E-state index contributed by atoms with van der Waals surface area (Å²) >= 11 is 5.62. The molecule has 0 fully saturated rings. The smallest absolute Gasteiger partial charge is 0.238 e. The molecule has 1 unspecified atom stereocenters. The van der Waals surface area contributed by atoms with Crippen LogP contribution in [0.5, 0.6) is 0 Å². The zero-order valence-corrected chi connectivity index (χ0v) is 9.03. The zero-order chi connectivity index (χ0) is 9.78. The Balaban J connectivity index is 3.96. The van der Waals surface area contributed by atoms with Gasteiger partial charge in [-0.3, -0.25) is 4.79 Å². The van der Waals surface area contributed by atoms with Crippen LogP contribution in [0.25, 0.3) is 0 Å². The van der Waals surface area contributed by atoms with E-state index in [1.165, 1.54) is 0 Å². The van der Waals surface area contributed by atoms with E-state index in [2.05, 4.69) is 12.2 Å². The number of rotatable bonds is 4. The van der Waals surface area contributed by atoms with Crippen LogP contribution in [0.3, 0.4) is 0 Å². The largest absolute Gasteiger partial charge is 0.350 e. The Labute approximate surface area is 79.7 Å². The van der Waals surface area contributed by atoms with Crippen molar-refractivity contribution in [1.82, 2.24) is 5.32 Å². The molecular formula is C9H18ClNO. The highest BCUT2D eigenvalue weighted by Crippen LogP contribution is 2.11. The van der Waals surface area contributed by atoms with Gasteiger partial charge in [0, 0.05) is 5.54 Å². The molecule has 1 amide bonds. The van der Waals surface area contributed by atoms with Crippen molar-refractivity contribution in [2.75, 3.05) is 0 Å². The van der Waals surface area contributed by atoms with Crippen molar-refractivity contribution in [3.05, 3.63) is 0 Å². The molecule has 0 aromatic carbocycles. The molecule has 0 aromatic heterocycles. The maximum absolute atomic E-state index is 11.2. The van der Waals surface area contributed by atoms with Gasteiger partial charge in [0.25, 0.3) is 0 Å². The first kappa shape index (κ1) is 11.8. The second-order valence-electron chi connectivity index (χ2n) is 3.74. The summed E-state index contributed by atoms with van der Waals surface area (Å²) in [5.41, 5.74) is -0.130. The third-order valence-electron chi connectivity index (χ3n) is 1.70. The van der Waals surface area contributed by atoms with Crippen LogP contribution in [0.1, 0.15) is 40.5 Å². The normalized spacial score (nSPS) is 14.1. The van der Waals surface area contributed by atoms with Gasteiger partial charge in [-0.15, -0.1) is 11.6 Å². The molecule has 0 rings (SSSR count). The predicted molar refractivity (Wildman–Crippen MR) is 52.4 cm³/mol. The molecule has 2 nitrogen and oxygen atoms in total. The van der Waals surface area contributed by atoms with Gasteiger partial charge in [-0.2, -0.15) is 0 Å². The minimum atomic E-state index is -0.443. The number of halogens is 1. The number of amides is 1. The summed E-state index contributed by atoms with van der Waals surface area (Å²) in [6, 6.07) is 0. The van der Waals surface area contributed by atoms with Crippen molar-refractivity contribution < 1.29 is 4.79 Å². The SMILES string of the molecule is CCCC(C)(C)NC(=O)C(C)Cl. The van der Waals surface area contributed by atoms with Crippen LogP contribution in [-0.4, -0.2) is 16.8 Å². The van der Waals surface area contributed by atoms with Crippen LogP contribution >= 0.6 is 11.6 Å². The van der Waals surface area contributed by atoms with Crippen molar-refractivity contribution in [2.45, 2.75) is 51.5 Å². The maximum Gasteiger partial charge on any atom is 0.238 e. The average Bonchev–Trinajstić information content (AvgIpc) is 1.85. The Kier molecular flexibility index (Phi) is 4.61. The Hall–Kier alpha value is -0.240. The summed E-state index contributed by atoms with van der Waals surface area (Å²) in [5.74, 6) is -0.0879. The minimum Gasteiger partial charge on any atom is -0.350 e. The van der Waals surface area contributed by atoms with Gasteiger partial charge in [-0.05, 0) is 27.2 Å². The summed E-state index contributed by atoms with van der Waals surface area (Å²) in [7, 11) is 0. The lowest BCUT2D eigenvalue weighted by Gasteiger charge is -2.26. The number of carbonyl (C=O) groups is 1. The van der Waals surface area contributed by atoms with Crippen LogP contribution in [0.2, 0.25) is 0 Å². The second-order valence-corrected chi connectivity index (χ2v) is 4.39. The fourth-order valence-electron chi connectivity index (χ4n) is 1.12. The lowest BCUT2D eigenvalue weighted by atomic mass is 9.99. The van der Waals surface area contributed by atoms with Crippen LogP contribution in [-0.2, 0) is 4.79 Å². The lowest BCUT2D eigenvalue weighted by Crippen LogP contribution is -2.45. The molecule has 72 valence electrons. The minimum absolute atomic E-state index is 0.0879. The van der Waals surface area contributed by atoms with Gasteiger partial charge in [-0.25, -0.2) is 0 Å². The molecular weight excluding hydrogens is 174 g/mol. The van der Waals surface area contributed by atoms with Gasteiger partial charge in [0.1, 0.15) is 5.38 Å². The number of hydrogen-bond donors (Lipinski definition) is 1. The molecule has 12 heavy (non-hydrogen) atoms. The van der Waals surface area contributed by atoms with E-state index >= 15 is 0 Å². The number of hydrogen-bond acceptors (Lipinski definition) is 1. The fraction of sp³-hybridized carbons (Fsp3) is 0.889. The summed E-state index contributed by atoms with van der Waals surface area (Å²) in [6.07, 6.45) is 2.03. The van der Waals surface area contributed by atoms with Crippen molar-refractivity contribution in [3.63, 3.8) is 0 Å². The molecule has 0 aliphatic rings. The first-order chi connectivity index (χ1) is 5.39. The summed E-state index contributed by atoms with van der Waals surface area (Å²) < 4.78 is 0. The lowest BCUT2D eigenvalue weighted by molar-refractivity contribution is -0.122. The summed E-state index contributed by atoms with van der Waals surface area (Å²) in [6.45, 7) is 7.79. The van der Waals surface area contributed by atoms with E-state index in [1.54, 1.807) is 6.92 Å². The predicted octanol–water partition coefficient (Wildman–Crippen LogP) is 2.31. The first-order valence-electron chi connectivity index (χ1n) is 4.35. The van der Waals surface area contributed by atoms with Gasteiger partial charge in [0.15, 0.2) is 0 Å². The van der Waals surface area contributed by atoms with Crippen molar-refractivity contribution >= 4 is 17.5 Å². The number of nitrogens with one attached hydrogen (secondary N) is 1. The average molecular weight is 192 g/mol. The highest BCUT2D eigenvalue weighted by molar-refractivity contribution is 6.30. The van der Waals surface area contributed by atoms with Crippen molar-refractivity contribution in [3.8, 4) is 0 Å². The second kappa shape index (κ2) is 4.70. The fourth-order valence-corrected chi connectivity index (χ4v) is 1.18. The first-order valence-corrected chi connectivity index (χ1v) is 4.79. The molecule has 0 heterocycles. The maximum atomic E-state index is 11.2. The standard InChI is InChI=1S/C9H18ClNO/c1-5-6-9(3,4)11-8(12)7(2)10/h7H,5-6H2,1-4H3,(H,11,12). The molecule has 3 heteroatoms. The van der Waals surface area contributed by atoms with Gasteiger partial charge in [-0.1, -0.05) is 13.3 Å².